The number of nitrogens with one attached hydrogen (secondary N) is 1. The van der Waals surface area contributed by atoms with Crippen molar-refractivity contribution in [2.45, 2.75) is 46.1 Å². The molecule has 1 aliphatic rings. The van der Waals surface area contributed by atoms with E-state index in [9.17, 15) is 4.79 Å². The van der Waals surface area contributed by atoms with E-state index in [4.69, 9.17) is 4.52 Å². The molecule has 3 rings (SSSR count). The number of rotatable bonds is 4. The minimum atomic E-state index is -0.0163. The van der Waals surface area contributed by atoms with E-state index in [2.05, 4.69) is 15.6 Å². The molecule has 0 unspecified atom stereocenters. The van der Waals surface area contributed by atoms with Gasteiger partial charge in [-0.05, 0) is 38.7 Å². The Morgan fingerprint density at radius 1 is 1.38 bits per heavy atom. The van der Waals surface area contributed by atoms with Gasteiger partial charge >= 0.3 is 0 Å². The number of carbonyl (C=O) groups excluding carboxylic acids is 1. The van der Waals surface area contributed by atoms with Crippen LogP contribution in [0.4, 0.5) is 0 Å². The van der Waals surface area contributed by atoms with E-state index in [1.165, 1.54) is 17.7 Å². The molecule has 0 atom stereocenters. The van der Waals surface area contributed by atoms with Crippen LogP contribution in [0.2, 0.25) is 0 Å². The van der Waals surface area contributed by atoms with Crippen molar-refractivity contribution in [3.63, 3.8) is 0 Å². The lowest BCUT2D eigenvalue weighted by Gasteiger charge is -2.07. The van der Waals surface area contributed by atoms with Crippen LogP contribution in [-0.2, 0) is 37.6 Å². The maximum Gasteiger partial charge on any atom is 0.224 e. The van der Waals surface area contributed by atoms with Crippen molar-refractivity contribution in [3.05, 3.63) is 34.0 Å². The summed E-state index contributed by atoms with van der Waals surface area (Å²) in [4.78, 5) is 12.1. The number of amides is 1. The first-order valence-corrected chi connectivity index (χ1v) is 7.28. The molecule has 0 saturated carbocycles. The van der Waals surface area contributed by atoms with E-state index < -0.39 is 0 Å². The molecule has 0 fully saturated rings. The van der Waals surface area contributed by atoms with Crippen LogP contribution >= 0.6 is 0 Å². The standard InChI is InChI=1S/C15H20N4O2/c1-9-12(10(2)21-18-9)7-15(20)16-8-14-11-5-4-6-13(11)17-19(14)3/h4-8H2,1-3H3,(H,16,20). The third-order valence-corrected chi connectivity index (χ3v) is 4.17. The van der Waals surface area contributed by atoms with Gasteiger partial charge in [0.2, 0.25) is 5.91 Å². The number of carbonyl (C=O) groups is 1. The van der Waals surface area contributed by atoms with E-state index >= 15 is 0 Å². The summed E-state index contributed by atoms with van der Waals surface area (Å²) >= 11 is 0. The molecule has 0 radical (unpaired) electrons. The summed E-state index contributed by atoms with van der Waals surface area (Å²) in [6.45, 7) is 4.21. The lowest BCUT2D eigenvalue weighted by molar-refractivity contribution is -0.120. The molecule has 6 heteroatoms. The van der Waals surface area contributed by atoms with Gasteiger partial charge in [-0.1, -0.05) is 5.16 Å². The first-order valence-electron chi connectivity index (χ1n) is 7.28. The number of hydrogen-bond donors (Lipinski definition) is 1. The van der Waals surface area contributed by atoms with E-state index in [1.54, 1.807) is 0 Å². The first-order chi connectivity index (χ1) is 10.1. The molecular formula is C15H20N4O2. The van der Waals surface area contributed by atoms with Crippen LogP contribution < -0.4 is 5.32 Å². The minimum absolute atomic E-state index is 0.0163. The van der Waals surface area contributed by atoms with Crippen LogP contribution in [0.5, 0.6) is 0 Å². The second-order valence-corrected chi connectivity index (χ2v) is 5.61. The predicted molar refractivity (Wildman–Crippen MR) is 76.8 cm³/mol. The highest BCUT2D eigenvalue weighted by atomic mass is 16.5. The Labute approximate surface area is 123 Å². The average molecular weight is 288 g/mol. The molecule has 0 aliphatic heterocycles. The molecule has 0 aromatic carbocycles. The van der Waals surface area contributed by atoms with Gasteiger partial charge in [0.25, 0.3) is 0 Å². The van der Waals surface area contributed by atoms with Gasteiger partial charge in [-0.15, -0.1) is 0 Å². The predicted octanol–water partition coefficient (Wildman–Crippen LogP) is 1.37. The molecule has 1 amide bonds. The summed E-state index contributed by atoms with van der Waals surface area (Å²) in [6, 6.07) is 0. The fraction of sp³-hybridized carbons (Fsp3) is 0.533. The summed E-state index contributed by atoms with van der Waals surface area (Å²) in [5.74, 6) is 0.696. The number of hydrogen-bond acceptors (Lipinski definition) is 4. The summed E-state index contributed by atoms with van der Waals surface area (Å²) in [5.41, 5.74) is 5.28. The van der Waals surface area contributed by atoms with E-state index in [0.717, 1.165) is 29.8 Å². The second-order valence-electron chi connectivity index (χ2n) is 5.61. The van der Waals surface area contributed by atoms with Gasteiger partial charge in [-0.3, -0.25) is 9.48 Å². The zero-order valence-corrected chi connectivity index (χ0v) is 12.7. The highest BCUT2D eigenvalue weighted by Crippen LogP contribution is 2.24. The van der Waals surface area contributed by atoms with Gasteiger partial charge in [0, 0.05) is 12.6 Å². The van der Waals surface area contributed by atoms with Crippen molar-refractivity contribution < 1.29 is 9.32 Å². The van der Waals surface area contributed by atoms with Crippen molar-refractivity contribution >= 4 is 5.91 Å². The van der Waals surface area contributed by atoms with E-state index in [1.807, 2.05) is 25.6 Å². The monoisotopic (exact) mass is 288 g/mol. The summed E-state index contributed by atoms with van der Waals surface area (Å²) in [6.07, 6.45) is 3.59. The molecule has 6 nitrogen and oxygen atoms in total. The third-order valence-electron chi connectivity index (χ3n) is 4.17. The van der Waals surface area contributed by atoms with Crippen molar-refractivity contribution in [1.82, 2.24) is 20.3 Å². The topological polar surface area (TPSA) is 73.0 Å². The molecule has 0 spiro atoms. The molecule has 2 heterocycles. The van der Waals surface area contributed by atoms with E-state index in [-0.39, 0.29) is 5.91 Å². The Balaban J connectivity index is 1.64. The lowest BCUT2D eigenvalue weighted by Crippen LogP contribution is -2.26. The summed E-state index contributed by atoms with van der Waals surface area (Å²) < 4.78 is 6.97. The first kappa shape index (κ1) is 13.9. The SMILES string of the molecule is Cc1noc(C)c1CC(=O)NCc1c2c(nn1C)CCC2. The van der Waals surface area contributed by atoms with Crippen LogP contribution in [0.1, 0.15) is 40.4 Å². The van der Waals surface area contributed by atoms with Gasteiger partial charge in [0.1, 0.15) is 5.76 Å². The van der Waals surface area contributed by atoms with E-state index in [0.29, 0.717) is 18.7 Å². The Kier molecular flexibility index (Phi) is 3.53. The Bertz CT molecular complexity index is 665. The minimum Gasteiger partial charge on any atom is -0.361 e. The molecule has 2 aromatic rings. The summed E-state index contributed by atoms with van der Waals surface area (Å²) in [5, 5.41) is 11.4. The van der Waals surface area contributed by atoms with Crippen molar-refractivity contribution in [1.29, 1.82) is 0 Å². The van der Waals surface area contributed by atoms with Crippen LogP contribution in [0.3, 0.4) is 0 Å². The number of aryl methyl sites for hydroxylation is 4. The van der Waals surface area contributed by atoms with Gasteiger partial charge in [-0.2, -0.15) is 5.10 Å². The molecular weight excluding hydrogens is 268 g/mol. The second kappa shape index (κ2) is 5.35. The molecule has 0 saturated heterocycles. The maximum absolute atomic E-state index is 12.1. The Morgan fingerprint density at radius 2 is 2.19 bits per heavy atom. The fourth-order valence-corrected chi connectivity index (χ4v) is 2.97. The largest absolute Gasteiger partial charge is 0.361 e. The van der Waals surface area contributed by atoms with Crippen LogP contribution in [0.15, 0.2) is 4.52 Å². The van der Waals surface area contributed by atoms with Crippen LogP contribution in [0, 0.1) is 13.8 Å². The van der Waals surface area contributed by atoms with Gasteiger partial charge in [0.05, 0.1) is 30.0 Å². The van der Waals surface area contributed by atoms with Gasteiger partial charge in [0.15, 0.2) is 0 Å². The van der Waals surface area contributed by atoms with Gasteiger partial charge < -0.3 is 9.84 Å². The lowest BCUT2D eigenvalue weighted by atomic mass is 10.1. The maximum atomic E-state index is 12.1. The normalized spacial score (nSPS) is 13.5. The smallest absolute Gasteiger partial charge is 0.224 e. The molecule has 21 heavy (non-hydrogen) atoms. The number of aromatic nitrogens is 3. The van der Waals surface area contributed by atoms with Crippen LogP contribution in [-0.4, -0.2) is 20.8 Å². The Hall–Kier alpha value is -2.11. The van der Waals surface area contributed by atoms with Crippen LogP contribution in [0.25, 0.3) is 0 Å². The van der Waals surface area contributed by atoms with Crippen molar-refractivity contribution in [3.8, 4) is 0 Å². The quantitative estimate of drug-likeness (QED) is 0.922. The van der Waals surface area contributed by atoms with Crippen molar-refractivity contribution in [2.24, 2.45) is 7.05 Å². The fourth-order valence-electron chi connectivity index (χ4n) is 2.97. The molecule has 1 N–H and O–H groups in total. The highest BCUT2D eigenvalue weighted by molar-refractivity contribution is 5.79. The van der Waals surface area contributed by atoms with Crippen molar-refractivity contribution in [2.75, 3.05) is 0 Å². The third kappa shape index (κ3) is 2.57. The molecule has 0 bridgehead atoms. The number of fused-ring (bicyclic) bond motifs is 1. The molecule has 112 valence electrons. The Morgan fingerprint density at radius 3 is 2.90 bits per heavy atom. The number of nitrogens with zero attached hydrogens (tertiary/aromatic N) is 3. The highest BCUT2D eigenvalue weighted by Gasteiger charge is 2.21. The molecule has 2 aromatic heterocycles. The zero-order chi connectivity index (χ0) is 15.0. The average Bonchev–Trinajstić information content (AvgIpc) is 3.08. The van der Waals surface area contributed by atoms with Gasteiger partial charge in [-0.25, -0.2) is 0 Å². The molecule has 1 aliphatic carbocycles. The zero-order valence-electron chi connectivity index (χ0n) is 12.7. The summed E-state index contributed by atoms with van der Waals surface area (Å²) in [7, 11) is 1.94.